The molecule has 1 amide bonds. The molecular formula is C29H35F4N3O3. The Bertz CT molecular complexity index is 1150. The third-order valence-electron chi connectivity index (χ3n) is 8.57. The van der Waals surface area contributed by atoms with Crippen molar-refractivity contribution >= 4 is 5.91 Å². The van der Waals surface area contributed by atoms with Gasteiger partial charge in [-0.15, -0.1) is 0 Å². The van der Waals surface area contributed by atoms with Crippen molar-refractivity contribution in [3.8, 4) is 17.0 Å². The normalized spacial score (nSPS) is 22.4. The van der Waals surface area contributed by atoms with Crippen molar-refractivity contribution in [2.24, 2.45) is 11.3 Å². The molecule has 1 N–H and O–H groups in total. The van der Waals surface area contributed by atoms with Crippen LogP contribution >= 0.6 is 0 Å². The molecule has 3 aliphatic rings. The van der Waals surface area contributed by atoms with Crippen molar-refractivity contribution in [1.29, 1.82) is 0 Å². The predicted octanol–water partition coefficient (Wildman–Crippen LogP) is 5.31. The van der Waals surface area contributed by atoms with E-state index in [0.717, 1.165) is 12.8 Å². The van der Waals surface area contributed by atoms with E-state index in [1.807, 2.05) is 4.90 Å². The van der Waals surface area contributed by atoms with E-state index in [9.17, 15) is 27.5 Å². The molecule has 2 saturated heterocycles. The van der Waals surface area contributed by atoms with E-state index in [-0.39, 0.29) is 37.4 Å². The Morgan fingerprint density at radius 1 is 1.05 bits per heavy atom. The topological polar surface area (TPSA) is 65.9 Å². The number of benzene rings is 1. The molecule has 0 unspecified atom stereocenters. The summed E-state index contributed by atoms with van der Waals surface area (Å²) in [5.41, 5.74) is -0.278. The van der Waals surface area contributed by atoms with Gasteiger partial charge in [0.1, 0.15) is 5.82 Å². The molecule has 3 fully saturated rings. The Balaban J connectivity index is 1.11. The van der Waals surface area contributed by atoms with Gasteiger partial charge in [-0.05, 0) is 81.3 Å². The van der Waals surface area contributed by atoms with E-state index in [4.69, 9.17) is 4.74 Å². The van der Waals surface area contributed by atoms with Crippen molar-refractivity contribution in [2.45, 2.75) is 57.2 Å². The summed E-state index contributed by atoms with van der Waals surface area (Å²) in [6.45, 7) is 2.54. The Hall–Kier alpha value is -2.72. The number of pyridine rings is 1. The average molecular weight is 550 g/mol. The van der Waals surface area contributed by atoms with Gasteiger partial charge in [0.25, 0.3) is 5.91 Å². The van der Waals surface area contributed by atoms with Crippen LogP contribution in [0, 0.1) is 17.2 Å². The second-order valence-electron chi connectivity index (χ2n) is 11.3. The van der Waals surface area contributed by atoms with Gasteiger partial charge in [0.15, 0.2) is 0 Å². The molecule has 212 valence electrons. The predicted molar refractivity (Wildman–Crippen MR) is 138 cm³/mol. The second-order valence-corrected chi connectivity index (χ2v) is 11.3. The Labute approximate surface area is 226 Å². The van der Waals surface area contributed by atoms with Crippen molar-refractivity contribution < 1.29 is 32.2 Å². The number of carbonyl (C=O) groups excluding carboxylic acids is 1. The van der Waals surface area contributed by atoms with Crippen LogP contribution < -0.4 is 4.74 Å². The molecule has 1 atom stereocenters. The van der Waals surface area contributed by atoms with Crippen molar-refractivity contribution in [3.05, 3.63) is 47.9 Å². The quantitative estimate of drug-likeness (QED) is 0.475. The molecule has 39 heavy (non-hydrogen) atoms. The number of aromatic nitrogens is 1. The Morgan fingerprint density at radius 3 is 2.38 bits per heavy atom. The van der Waals surface area contributed by atoms with E-state index >= 15 is 0 Å². The highest BCUT2D eigenvalue weighted by atomic mass is 19.4. The fourth-order valence-electron chi connectivity index (χ4n) is 5.89. The van der Waals surface area contributed by atoms with Crippen LogP contribution in [-0.2, 0) is 0 Å². The largest absolute Gasteiger partial charge is 0.477 e. The van der Waals surface area contributed by atoms with Crippen molar-refractivity contribution in [2.75, 3.05) is 39.3 Å². The standard InChI is InChI=1S/C29H35F4N3O3/c30-25-15-21(4-6-24(25)27(38)36-12-1-3-23(37)17-36)22-5-7-26(34-16-22)39-18-20-8-13-35(14-9-20)19-28(10-2-11-28)29(31,32)33/h4-7,15-16,20,23,37H,1-3,8-14,17-19H2/t23-/m1/s1. The average Bonchev–Trinajstić information content (AvgIpc) is 2.89. The lowest BCUT2D eigenvalue weighted by atomic mass is 9.67. The number of likely N-dealkylation sites (tertiary alicyclic amines) is 2. The van der Waals surface area contributed by atoms with Crippen molar-refractivity contribution in [1.82, 2.24) is 14.8 Å². The zero-order chi connectivity index (χ0) is 27.6. The summed E-state index contributed by atoms with van der Waals surface area (Å²) in [7, 11) is 0. The molecule has 1 aliphatic carbocycles. The molecule has 2 aromatic rings. The number of aliphatic hydroxyl groups is 1. The van der Waals surface area contributed by atoms with E-state index in [1.165, 1.54) is 17.0 Å². The number of halogens is 4. The summed E-state index contributed by atoms with van der Waals surface area (Å²) in [6.07, 6.45) is 0.903. The Morgan fingerprint density at radius 2 is 1.79 bits per heavy atom. The van der Waals surface area contributed by atoms with Gasteiger partial charge in [-0.1, -0.05) is 12.5 Å². The number of β-amino-alcohol motifs (C(OH)–C–C–N with tert-alkyl or cyclic N) is 1. The van der Waals surface area contributed by atoms with Gasteiger partial charge in [0.2, 0.25) is 5.88 Å². The first kappa shape index (κ1) is 27.8. The molecule has 1 saturated carbocycles. The second kappa shape index (κ2) is 11.4. The third kappa shape index (κ3) is 6.22. The van der Waals surface area contributed by atoms with Crippen LogP contribution in [0.25, 0.3) is 11.1 Å². The molecule has 6 nitrogen and oxygen atoms in total. The van der Waals surface area contributed by atoms with Gasteiger partial charge in [-0.2, -0.15) is 13.2 Å². The number of aliphatic hydroxyl groups excluding tert-OH is 1. The molecule has 1 aromatic carbocycles. The molecular weight excluding hydrogens is 514 g/mol. The van der Waals surface area contributed by atoms with Gasteiger partial charge in [-0.3, -0.25) is 4.79 Å². The minimum Gasteiger partial charge on any atom is -0.477 e. The maximum absolute atomic E-state index is 14.8. The number of hydrogen-bond acceptors (Lipinski definition) is 5. The maximum Gasteiger partial charge on any atom is 0.395 e. The minimum atomic E-state index is -4.13. The highest BCUT2D eigenvalue weighted by Crippen LogP contribution is 2.53. The van der Waals surface area contributed by atoms with Gasteiger partial charge >= 0.3 is 6.18 Å². The number of carbonyl (C=O) groups is 1. The summed E-state index contributed by atoms with van der Waals surface area (Å²) < 4.78 is 61.2. The molecule has 10 heteroatoms. The molecule has 0 bridgehead atoms. The van der Waals surface area contributed by atoms with Gasteiger partial charge < -0.3 is 19.6 Å². The highest BCUT2D eigenvalue weighted by Gasteiger charge is 2.58. The number of ether oxygens (including phenoxy) is 1. The number of amides is 1. The van der Waals surface area contributed by atoms with Crippen LogP contribution in [-0.4, -0.2) is 77.4 Å². The smallest absolute Gasteiger partial charge is 0.395 e. The first-order valence-electron chi connectivity index (χ1n) is 13.8. The number of piperidine rings is 2. The lowest BCUT2D eigenvalue weighted by Crippen LogP contribution is -2.53. The molecule has 0 spiro atoms. The fraction of sp³-hybridized carbons (Fsp3) is 0.586. The summed E-state index contributed by atoms with van der Waals surface area (Å²) in [5.74, 6) is -0.357. The van der Waals surface area contributed by atoms with Gasteiger partial charge in [0, 0.05) is 37.5 Å². The van der Waals surface area contributed by atoms with Gasteiger partial charge in [-0.25, -0.2) is 9.37 Å². The first-order chi connectivity index (χ1) is 18.6. The molecule has 5 rings (SSSR count). The molecule has 3 heterocycles. The number of hydrogen-bond donors (Lipinski definition) is 1. The SMILES string of the molecule is O=C(c1ccc(-c2ccc(OCC3CCN(CC4(C(F)(F)F)CCC4)CC3)nc2)cc1F)N1CCC[C@@H](O)C1. The molecule has 1 aromatic heterocycles. The zero-order valence-corrected chi connectivity index (χ0v) is 21.9. The van der Waals surface area contributed by atoms with Crippen LogP contribution in [0.2, 0.25) is 0 Å². The summed E-state index contributed by atoms with van der Waals surface area (Å²) in [5, 5.41) is 9.81. The van der Waals surface area contributed by atoms with Crippen LogP contribution in [0.5, 0.6) is 5.88 Å². The summed E-state index contributed by atoms with van der Waals surface area (Å²) in [6, 6.07) is 7.93. The lowest BCUT2D eigenvalue weighted by molar-refractivity contribution is -0.256. The molecule has 0 radical (unpaired) electrons. The third-order valence-corrected chi connectivity index (χ3v) is 8.57. The monoisotopic (exact) mass is 549 g/mol. The van der Waals surface area contributed by atoms with Crippen LogP contribution in [0.1, 0.15) is 55.3 Å². The highest BCUT2D eigenvalue weighted by molar-refractivity contribution is 5.95. The minimum absolute atomic E-state index is 0.0203. The number of rotatable bonds is 7. The summed E-state index contributed by atoms with van der Waals surface area (Å²) >= 11 is 0. The van der Waals surface area contributed by atoms with Crippen molar-refractivity contribution in [3.63, 3.8) is 0 Å². The zero-order valence-electron chi connectivity index (χ0n) is 21.9. The maximum atomic E-state index is 14.8. The fourth-order valence-corrected chi connectivity index (χ4v) is 5.89. The van der Waals surface area contributed by atoms with E-state index < -0.39 is 29.4 Å². The van der Waals surface area contributed by atoms with Crippen LogP contribution in [0.15, 0.2) is 36.5 Å². The lowest BCUT2D eigenvalue weighted by Gasteiger charge is -2.47. The number of alkyl halides is 3. The van der Waals surface area contributed by atoms with Crippen LogP contribution in [0.4, 0.5) is 17.6 Å². The van der Waals surface area contributed by atoms with E-state index in [0.29, 0.717) is 62.5 Å². The van der Waals surface area contributed by atoms with E-state index in [2.05, 4.69) is 4.98 Å². The van der Waals surface area contributed by atoms with Gasteiger partial charge in [0.05, 0.1) is 23.7 Å². The van der Waals surface area contributed by atoms with E-state index in [1.54, 1.807) is 24.4 Å². The molecule has 2 aliphatic heterocycles. The Kier molecular flexibility index (Phi) is 8.14. The number of nitrogens with zero attached hydrogens (tertiary/aromatic N) is 3. The van der Waals surface area contributed by atoms with Crippen LogP contribution in [0.3, 0.4) is 0 Å². The summed E-state index contributed by atoms with van der Waals surface area (Å²) in [4.78, 5) is 20.5. The first-order valence-corrected chi connectivity index (χ1v) is 13.8.